The van der Waals surface area contributed by atoms with Gasteiger partial charge in [0.1, 0.15) is 5.69 Å². The number of rotatable bonds is 17. The zero-order chi connectivity index (χ0) is 41.8. The first-order valence-corrected chi connectivity index (χ1v) is 22.9. The summed E-state index contributed by atoms with van der Waals surface area (Å²) in [6.07, 6.45) is 0.862. The number of carbonyl (C=O) groups is 1. The fourth-order valence-corrected chi connectivity index (χ4v) is 9.54. The SMILES string of the molecule is CC(C)N1CCN(CC[C@H](CSc2ccccc2)Nc2ccc(SNC(=O)c3ccc(N4CCN(Cc5ccccc5-c5ccc(Cl)cc5)CC4)cc3)cc2[N+](=O)[O-])CC1. The maximum Gasteiger partial charge on any atom is 0.293 e. The number of hydrogen-bond acceptors (Lipinski definition) is 10. The van der Waals surface area contributed by atoms with Crippen molar-refractivity contribution < 1.29 is 9.72 Å². The van der Waals surface area contributed by atoms with Crippen LogP contribution in [0.5, 0.6) is 0 Å². The predicted molar refractivity (Wildman–Crippen MR) is 250 cm³/mol. The maximum absolute atomic E-state index is 13.2. The van der Waals surface area contributed by atoms with Crippen molar-refractivity contribution in [3.05, 3.63) is 148 Å². The summed E-state index contributed by atoms with van der Waals surface area (Å²) in [6, 6.07) is 40.2. The lowest BCUT2D eigenvalue weighted by molar-refractivity contribution is -0.384. The van der Waals surface area contributed by atoms with Crippen molar-refractivity contribution in [2.75, 3.05) is 74.9 Å². The lowest BCUT2D eigenvalue weighted by atomic mass is 9.99. The minimum atomic E-state index is -0.348. The third-order valence-corrected chi connectivity index (χ3v) is 13.5. The van der Waals surface area contributed by atoms with Crippen molar-refractivity contribution in [2.24, 2.45) is 0 Å². The molecule has 2 aliphatic rings. The van der Waals surface area contributed by atoms with Crippen LogP contribution in [0.15, 0.2) is 131 Å². The molecule has 7 rings (SSSR count). The molecule has 5 aromatic rings. The first-order chi connectivity index (χ1) is 29.2. The molecule has 2 aliphatic heterocycles. The Morgan fingerprint density at radius 1 is 0.783 bits per heavy atom. The lowest BCUT2D eigenvalue weighted by Crippen LogP contribution is -2.49. The van der Waals surface area contributed by atoms with E-state index in [9.17, 15) is 14.9 Å². The Balaban J connectivity index is 0.913. The largest absolute Gasteiger partial charge is 0.376 e. The van der Waals surface area contributed by atoms with Crippen LogP contribution in [-0.4, -0.2) is 102 Å². The number of nitrogens with one attached hydrogen (secondary N) is 2. The predicted octanol–water partition coefficient (Wildman–Crippen LogP) is 9.66. The monoisotopic (exact) mass is 863 g/mol. The van der Waals surface area contributed by atoms with E-state index in [-0.39, 0.29) is 22.6 Å². The molecule has 2 heterocycles. The second kappa shape index (κ2) is 21.3. The second-order valence-electron chi connectivity index (χ2n) is 15.7. The van der Waals surface area contributed by atoms with E-state index < -0.39 is 0 Å². The summed E-state index contributed by atoms with van der Waals surface area (Å²) in [7, 11) is 0. The van der Waals surface area contributed by atoms with Gasteiger partial charge in [0, 0.05) is 115 Å². The van der Waals surface area contributed by atoms with Crippen LogP contribution in [0.1, 0.15) is 36.2 Å². The van der Waals surface area contributed by atoms with Gasteiger partial charge in [-0.25, -0.2) is 0 Å². The summed E-state index contributed by atoms with van der Waals surface area (Å²) in [4.78, 5) is 36.8. The van der Waals surface area contributed by atoms with Gasteiger partial charge in [0.05, 0.1) is 4.92 Å². The molecule has 2 saturated heterocycles. The minimum absolute atomic E-state index is 0.00952. The molecule has 5 aromatic carbocycles. The van der Waals surface area contributed by atoms with Gasteiger partial charge in [0.15, 0.2) is 0 Å². The minimum Gasteiger partial charge on any atom is -0.376 e. The zero-order valence-electron chi connectivity index (χ0n) is 34.3. The van der Waals surface area contributed by atoms with Crippen molar-refractivity contribution in [1.82, 2.24) is 19.4 Å². The number of carbonyl (C=O) groups excluding carboxylic acids is 1. The van der Waals surface area contributed by atoms with Gasteiger partial charge in [-0.2, -0.15) is 0 Å². The number of nitro groups is 1. The molecule has 0 unspecified atom stereocenters. The number of thioether (sulfide) groups is 1. The molecule has 60 heavy (non-hydrogen) atoms. The Morgan fingerprint density at radius 3 is 2.17 bits per heavy atom. The van der Waals surface area contributed by atoms with Crippen LogP contribution in [0, 0.1) is 10.1 Å². The van der Waals surface area contributed by atoms with Crippen LogP contribution in [0.4, 0.5) is 17.1 Å². The molecule has 1 atom stereocenters. The number of amides is 1. The number of nitro benzene ring substituents is 1. The summed E-state index contributed by atoms with van der Waals surface area (Å²) in [6.45, 7) is 14.1. The van der Waals surface area contributed by atoms with Crippen LogP contribution in [0.2, 0.25) is 5.02 Å². The number of halogens is 1. The Morgan fingerprint density at radius 2 is 1.47 bits per heavy atom. The normalized spacial score (nSPS) is 15.8. The third kappa shape index (κ3) is 12.0. The van der Waals surface area contributed by atoms with E-state index in [0.29, 0.717) is 22.2 Å². The Bertz CT molecular complexity index is 2160. The van der Waals surface area contributed by atoms with E-state index in [0.717, 1.165) is 100 Å². The van der Waals surface area contributed by atoms with E-state index in [4.69, 9.17) is 11.6 Å². The first kappa shape index (κ1) is 43.5. The summed E-state index contributed by atoms with van der Waals surface area (Å²) in [5, 5.41) is 16.6. The fourth-order valence-electron chi connectivity index (χ4n) is 7.78. The highest BCUT2D eigenvalue weighted by Gasteiger charge is 2.23. The molecule has 0 bridgehead atoms. The van der Waals surface area contributed by atoms with Gasteiger partial charge in [-0.1, -0.05) is 66.2 Å². The number of benzene rings is 5. The quantitative estimate of drug-likeness (QED) is 0.0407. The first-order valence-electron chi connectivity index (χ1n) is 20.8. The Hall–Kier alpha value is -4.56. The molecule has 314 valence electrons. The second-order valence-corrected chi connectivity index (χ2v) is 18.1. The van der Waals surface area contributed by atoms with Gasteiger partial charge in [-0.15, -0.1) is 11.8 Å². The lowest BCUT2D eigenvalue weighted by Gasteiger charge is -2.37. The highest BCUT2D eigenvalue weighted by atomic mass is 35.5. The number of anilines is 2. The molecule has 0 saturated carbocycles. The van der Waals surface area contributed by atoms with Crippen molar-refractivity contribution in [3.8, 4) is 11.1 Å². The van der Waals surface area contributed by atoms with Crippen molar-refractivity contribution in [2.45, 2.75) is 48.7 Å². The van der Waals surface area contributed by atoms with E-state index in [1.807, 2.05) is 60.7 Å². The fraction of sp³-hybridized carbons (Fsp3) is 0.340. The van der Waals surface area contributed by atoms with Crippen LogP contribution >= 0.6 is 35.3 Å². The maximum atomic E-state index is 13.2. The van der Waals surface area contributed by atoms with Gasteiger partial charge >= 0.3 is 0 Å². The molecule has 2 fully saturated rings. The summed E-state index contributed by atoms with van der Waals surface area (Å²) < 4.78 is 2.89. The summed E-state index contributed by atoms with van der Waals surface area (Å²) in [5.41, 5.74) is 5.77. The van der Waals surface area contributed by atoms with Gasteiger partial charge in [-0.3, -0.25) is 29.4 Å². The molecular weight excluding hydrogens is 810 g/mol. The molecule has 0 aromatic heterocycles. The zero-order valence-corrected chi connectivity index (χ0v) is 36.7. The van der Waals surface area contributed by atoms with Crippen molar-refractivity contribution >= 4 is 58.3 Å². The number of piperazine rings is 2. The molecule has 13 heteroatoms. The standard InChI is InChI=1S/C47H54ClN7O3S2/c1-35(2)53-28-24-51(25-29-53)23-22-40(34-59-42-9-4-3-5-10-42)49-45-21-20-43(32-46(45)55(57)58)60-50-47(56)37-14-18-41(19-15-37)54-30-26-52(27-31-54)33-38-8-6-7-11-44(38)36-12-16-39(48)17-13-36/h3-21,32,35,40,49H,22-31,33-34H2,1-2H3,(H,50,56)/t40-/m1/s1. The van der Waals surface area contributed by atoms with Crippen molar-refractivity contribution in [3.63, 3.8) is 0 Å². The highest BCUT2D eigenvalue weighted by Crippen LogP contribution is 2.32. The van der Waals surface area contributed by atoms with Crippen molar-refractivity contribution in [1.29, 1.82) is 0 Å². The van der Waals surface area contributed by atoms with E-state index in [1.165, 1.54) is 21.6 Å². The molecular formula is C47H54ClN7O3S2. The van der Waals surface area contributed by atoms with Gasteiger partial charge in [0.25, 0.3) is 11.6 Å². The average Bonchev–Trinajstić information content (AvgIpc) is 3.28. The highest BCUT2D eigenvalue weighted by molar-refractivity contribution is 7.99. The number of hydrogen-bond donors (Lipinski definition) is 2. The van der Waals surface area contributed by atoms with Crippen LogP contribution in [-0.2, 0) is 6.54 Å². The van der Waals surface area contributed by atoms with E-state index in [1.54, 1.807) is 23.9 Å². The molecule has 1 amide bonds. The van der Waals surface area contributed by atoms with E-state index in [2.05, 4.69) is 92.0 Å². The van der Waals surface area contributed by atoms with Crippen LogP contribution in [0.25, 0.3) is 11.1 Å². The molecule has 10 nitrogen and oxygen atoms in total. The van der Waals surface area contributed by atoms with Gasteiger partial charge in [-0.05, 0) is 110 Å². The topological polar surface area (TPSA) is 97.2 Å². The van der Waals surface area contributed by atoms with Crippen LogP contribution in [0.3, 0.4) is 0 Å². The number of nitrogens with zero attached hydrogens (tertiary/aromatic N) is 5. The van der Waals surface area contributed by atoms with Gasteiger partial charge in [0.2, 0.25) is 0 Å². The van der Waals surface area contributed by atoms with E-state index >= 15 is 0 Å². The molecule has 0 radical (unpaired) electrons. The smallest absolute Gasteiger partial charge is 0.293 e. The summed E-state index contributed by atoms with van der Waals surface area (Å²) in [5.74, 6) is 0.517. The average molecular weight is 865 g/mol. The van der Waals surface area contributed by atoms with Crippen LogP contribution < -0.4 is 14.9 Å². The molecule has 2 N–H and O–H groups in total. The summed E-state index contributed by atoms with van der Waals surface area (Å²) >= 11 is 8.98. The Kier molecular flexibility index (Phi) is 15.5. The third-order valence-electron chi connectivity index (χ3n) is 11.3. The molecule has 0 spiro atoms. The van der Waals surface area contributed by atoms with Gasteiger partial charge < -0.3 is 15.1 Å². The Labute approximate surface area is 367 Å². The molecule has 0 aliphatic carbocycles.